The number of carbonyl (C=O) groups is 2. The molecule has 0 aliphatic carbocycles. The van der Waals surface area contributed by atoms with Crippen LogP contribution in [0, 0.1) is 17.7 Å². The minimum absolute atomic E-state index is 0.00292. The van der Waals surface area contributed by atoms with Crippen LogP contribution in [0.5, 0.6) is 0 Å². The number of aliphatic carboxylic acids is 1. The predicted octanol–water partition coefficient (Wildman–Crippen LogP) is 1.36. The van der Waals surface area contributed by atoms with Crippen LogP contribution in [-0.2, 0) is 19.6 Å². The van der Waals surface area contributed by atoms with Crippen LogP contribution in [-0.4, -0.2) is 38.5 Å². The van der Waals surface area contributed by atoms with Gasteiger partial charge in [-0.15, -0.1) is 0 Å². The zero-order chi connectivity index (χ0) is 19.0. The summed E-state index contributed by atoms with van der Waals surface area (Å²) in [6.45, 7) is 3.63. The molecule has 1 amide bonds. The maximum Gasteiger partial charge on any atom is 0.308 e. The fourth-order valence-electron chi connectivity index (χ4n) is 2.16. The van der Waals surface area contributed by atoms with Crippen molar-refractivity contribution in [2.45, 2.75) is 31.6 Å². The first kappa shape index (κ1) is 21.0. The molecule has 7 nitrogen and oxygen atoms in total. The van der Waals surface area contributed by atoms with Crippen LogP contribution in [0.2, 0.25) is 0 Å². The molecule has 9 heteroatoms. The lowest BCUT2D eigenvalue weighted by molar-refractivity contribution is -0.142. The summed E-state index contributed by atoms with van der Waals surface area (Å²) in [5, 5.41) is 11.6. The van der Waals surface area contributed by atoms with E-state index in [4.69, 9.17) is 5.11 Å². The molecule has 1 rings (SSSR count). The van der Waals surface area contributed by atoms with Crippen LogP contribution in [0.25, 0.3) is 0 Å². The Labute approximate surface area is 146 Å². The quantitative estimate of drug-likeness (QED) is 0.572. The number of hydrogen-bond acceptors (Lipinski definition) is 4. The highest BCUT2D eigenvalue weighted by molar-refractivity contribution is 7.89. The first-order chi connectivity index (χ1) is 11.6. The van der Waals surface area contributed by atoms with Crippen molar-refractivity contribution < 1.29 is 27.5 Å². The summed E-state index contributed by atoms with van der Waals surface area (Å²) in [6.07, 6.45) is 0.307. The van der Waals surface area contributed by atoms with E-state index in [1.165, 1.54) is 0 Å². The third kappa shape index (κ3) is 7.61. The van der Waals surface area contributed by atoms with Crippen LogP contribution >= 0.6 is 0 Å². The monoisotopic (exact) mass is 374 g/mol. The number of carboxylic acids is 1. The number of sulfonamides is 1. The van der Waals surface area contributed by atoms with Gasteiger partial charge in [0, 0.05) is 19.5 Å². The van der Waals surface area contributed by atoms with Gasteiger partial charge < -0.3 is 10.4 Å². The van der Waals surface area contributed by atoms with Gasteiger partial charge >= 0.3 is 5.97 Å². The Morgan fingerprint density at radius 1 is 1.20 bits per heavy atom. The number of halogens is 1. The molecule has 0 saturated carbocycles. The molecule has 1 aromatic carbocycles. The Kier molecular flexibility index (Phi) is 7.98. The average molecular weight is 374 g/mol. The van der Waals surface area contributed by atoms with Crippen molar-refractivity contribution in [3.05, 3.63) is 30.1 Å². The maximum atomic E-state index is 12.8. The predicted molar refractivity (Wildman–Crippen MR) is 89.8 cm³/mol. The van der Waals surface area contributed by atoms with Crippen LogP contribution < -0.4 is 10.0 Å². The molecule has 1 atom stereocenters. The van der Waals surface area contributed by atoms with Gasteiger partial charge in [0.25, 0.3) is 0 Å². The molecule has 1 aromatic rings. The molecule has 3 N–H and O–H groups in total. The van der Waals surface area contributed by atoms with E-state index in [0.717, 1.165) is 24.3 Å². The van der Waals surface area contributed by atoms with Gasteiger partial charge in [-0.25, -0.2) is 17.5 Å². The van der Waals surface area contributed by atoms with Gasteiger partial charge in [-0.3, -0.25) is 9.59 Å². The first-order valence-electron chi connectivity index (χ1n) is 7.86. The van der Waals surface area contributed by atoms with Crippen LogP contribution in [0.1, 0.15) is 26.7 Å². The molecule has 0 heterocycles. The SMILES string of the molecule is CC(C)CC(CNC(=O)CCNS(=O)(=O)c1ccc(F)cc1)C(=O)O. The number of rotatable bonds is 10. The van der Waals surface area contributed by atoms with E-state index in [9.17, 15) is 22.4 Å². The normalized spacial score (nSPS) is 12.8. The van der Waals surface area contributed by atoms with Crippen molar-refractivity contribution in [1.29, 1.82) is 0 Å². The van der Waals surface area contributed by atoms with E-state index in [1.807, 2.05) is 13.8 Å². The maximum absolute atomic E-state index is 12.8. The number of carbonyl (C=O) groups excluding carboxylic acids is 1. The molecule has 140 valence electrons. The lowest BCUT2D eigenvalue weighted by Crippen LogP contribution is -2.35. The Morgan fingerprint density at radius 3 is 2.32 bits per heavy atom. The summed E-state index contributed by atoms with van der Waals surface area (Å²) in [6, 6.07) is 4.31. The highest BCUT2D eigenvalue weighted by atomic mass is 32.2. The van der Waals surface area contributed by atoms with Crippen molar-refractivity contribution in [3.8, 4) is 0 Å². The van der Waals surface area contributed by atoms with Gasteiger partial charge in [-0.05, 0) is 36.6 Å². The van der Waals surface area contributed by atoms with E-state index in [0.29, 0.717) is 6.42 Å². The zero-order valence-corrected chi connectivity index (χ0v) is 15.0. The Hall–Kier alpha value is -2.00. The molecule has 0 bridgehead atoms. The number of hydrogen-bond donors (Lipinski definition) is 3. The number of benzene rings is 1. The molecule has 0 radical (unpaired) electrons. The summed E-state index contributed by atoms with van der Waals surface area (Å²) in [4.78, 5) is 22.7. The Bertz CT molecular complexity index is 689. The fraction of sp³-hybridized carbons (Fsp3) is 0.500. The standard InChI is InChI=1S/C16H23FN2O5S/c1-11(2)9-12(16(21)22)10-18-15(20)7-8-19-25(23,24)14-5-3-13(17)4-6-14/h3-6,11-12,19H,7-10H2,1-2H3,(H,18,20)(H,21,22). The summed E-state index contributed by atoms with van der Waals surface area (Å²) in [5.41, 5.74) is 0. The lowest BCUT2D eigenvalue weighted by Gasteiger charge is -2.15. The van der Waals surface area contributed by atoms with Crippen molar-refractivity contribution in [1.82, 2.24) is 10.0 Å². The van der Waals surface area contributed by atoms with E-state index in [-0.39, 0.29) is 30.3 Å². The van der Waals surface area contributed by atoms with Gasteiger partial charge in [-0.1, -0.05) is 13.8 Å². The largest absolute Gasteiger partial charge is 0.481 e. The molecule has 0 aromatic heterocycles. The number of amides is 1. The van der Waals surface area contributed by atoms with E-state index >= 15 is 0 Å². The smallest absolute Gasteiger partial charge is 0.308 e. The molecule has 0 fully saturated rings. The molecule has 25 heavy (non-hydrogen) atoms. The van der Waals surface area contributed by atoms with Crippen molar-refractivity contribution in [3.63, 3.8) is 0 Å². The highest BCUT2D eigenvalue weighted by Crippen LogP contribution is 2.11. The van der Waals surface area contributed by atoms with Crippen LogP contribution in [0.4, 0.5) is 4.39 Å². The van der Waals surface area contributed by atoms with Gasteiger partial charge in [-0.2, -0.15) is 0 Å². The second-order valence-electron chi connectivity index (χ2n) is 6.07. The first-order valence-corrected chi connectivity index (χ1v) is 9.35. The second kappa shape index (κ2) is 9.47. The Morgan fingerprint density at radius 2 is 1.80 bits per heavy atom. The van der Waals surface area contributed by atoms with E-state index in [2.05, 4.69) is 10.0 Å². The summed E-state index contributed by atoms with van der Waals surface area (Å²) >= 11 is 0. The molecular weight excluding hydrogens is 351 g/mol. The molecule has 0 aliphatic heterocycles. The topological polar surface area (TPSA) is 113 Å². The minimum atomic E-state index is -3.82. The average Bonchev–Trinajstić information content (AvgIpc) is 2.51. The van der Waals surface area contributed by atoms with Gasteiger partial charge in [0.05, 0.1) is 10.8 Å². The van der Waals surface area contributed by atoms with Crippen molar-refractivity contribution >= 4 is 21.9 Å². The van der Waals surface area contributed by atoms with E-state index in [1.54, 1.807) is 0 Å². The number of carboxylic acid groups (broad SMARTS) is 1. The van der Waals surface area contributed by atoms with Gasteiger partial charge in [0.2, 0.25) is 15.9 Å². The molecule has 0 saturated heterocycles. The van der Waals surface area contributed by atoms with E-state index < -0.39 is 33.6 Å². The summed E-state index contributed by atoms with van der Waals surface area (Å²) in [7, 11) is -3.82. The van der Waals surface area contributed by atoms with Gasteiger partial charge in [0.1, 0.15) is 5.82 Å². The highest BCUT2D eigenvalue weighted by Gasteiger charge is 2.20. The minimum Gasteiger partial charge on any atom is -0.481 e. The molecular formula is C16H23FN2O5S. The zero-order valence-electron chi connectivity index (χ0n) is 14.2. The summed E-state index contributed by atoms with van der Waals surface area (Å²) < 4.78 is 39.0. The van der Waals surface area contributed by atoms with Crippen molar-refractivity contribution in [2.24, 2.45) is 11.8 Å². The Balaban J connectivity index is 2.43. The second-order valence-corrected chi connectivity index (χ2v) is 7.84. The third-order valence-corrected chi connectivity index (χ3v) is 4.90. The van der Waals surface area contributed by atoms with Crippen LogP contribution in [0.15, 0.2) is 29.2 Å². The summed E-state index contributed by atoms with van der Waals surface area (Å²) in [5.74, 6) is -2.48. The fourth-order valence-corrected chi connectivity index (χ4v) is 3.19. The number of nitrogens with one attached hydrogen (secondary N) is 2. The van der Waals surface area contributed by atoms with Gasteiger partial charge in [0.15, 0.2) is 0 Å². The van der Waals surface area contributed by atoms with Crippen molar-refractivity contribution in [2.75, 3.05) is 13.1 Å². The molecule has 0 spiro atoms. The lowest BCUT2D eigenvalue weighted by atomic mass is 9.97. The third-order valence-electron chi connectivity index (χ3n) is 3.42. The molecule has 0 aliphatic rings. The molecule has 1 unspecified atom stereocenters. The van der Waals surface area contributed by atoms with Crippen LogP contribution in [0.3, 0.4) is 0 Å².